The number of nitrogens with one attached hydrogen (secondary N) is 1. The van der Waals surface area contributed by atoms with Gasteiger partial charge in [-0.25, -0.2) is 0 Å². The van der Waals surface area contributed by atoms with Crippen LogP contribution in [0.4, 0.5) is 5.82 Å². The van der Waals surface area contributed by atoms with Crippen molar-refractivity contribution >= 4 is 11.7 Å². The monoisotopic (exact) mass is 236 g/mol. The second kappa shape index (κ2) is 4.87. The molecule has 94 valence electrons. The molecule has 1 aromatic rings. The fourth-order valence-corrected chi connectivity index (χ4v) is 2.61. The van der Waals surface area contributed by atoms with E-state index in [0.29, 0.717) is 12.5 Å². The average Bonchev–Trinajstić information content (AvgIpc) is 2.85. The third-order valence-corrected chi connectivity index (χ3v) is 3.55. The molecule has 1 fully saturated rings. The van der Waals surface area contributed by atoms with Crippen LogP contribution in [0.1, 0.15) is 25.0 Å². The molecule has 2 atom stereocenters. The maximum Gasteiger partial charge on any atom is 0.228 e. The molecule has 0 radical (unpaired) electrons. The topological polar surface area (TPSA) is 72.9 Å². The van der Waals surface area contributed by atoms with E-state index in [1.807, 2.05) is 20.0 Å². The molecule has 0 bridgehead atoms. The van der Waals surface area contributed by atoms with E-state index in [4.69, 9.17) is 5.73 Å². The normalized spacial score (nSPS) is 23.9. The summed E-state index contributed by atoms with van der Waals surface area (Å²) >= 11 is 0. The lowest BCUT2D eigenvalue weighted by molar-refractivity contribution is -0.120. The summed E-state index contributed by atoms with van der Waals surface area (Å²) in [6.07, 6.45) is 3.12. The highest BCUT2D eigenvalue weighted by Crippen LogP contribution is 2.31. The largest absolute Gasteiger partial charge is 0.330 e. The highest BCUT2D eigenvalue weighted by Gasteiger charge is 2.32. The van der Waals surface area contributed by atoms with Crippen molar-refractivity contribution < 1.29 is 4.79 Å². The van der Waals surface area contributed by atoms with Crippen molar-refractivity contribution in [2.75, 3.05) is 11.9 Å². The molecule has 3 N–H and O–H groups in total. The molecule has 0 aromatic carbocycles. The summed E-state index contributed by atoms with van der Waals surface area (Å²) in [7, 11) is 1.83. The van der Waals surface area contributed by atoms with Gasteiger partial charge in [-0.05, 0) is 32.2 Å². The predicted octanol–water partition coefficient (Wildman–Crippen LogP) is 1.04. The van der Waals surface area contributed by atoms with Crippen LogP contribution in [0.2, 0.25) is 0 Å². The number of nitrogens with two attached hydrogens (primary N) is 1. The number of rotatable bonds is 3. The van der Waals surface area contributed by atoms with Gasteiger partial charge in [0.2, 0.25) is 5.91 Å². The average molecular weight is 236 g/mol. The zero-order valence-corrected chi connectivity index (χ0v) is 10.4. The van der Waals surface area contributed by atoms with E-state index in [1.54, 1.807) is 4.68 Å². The summed E-state index contributed by atoms with van der Waals surface area (Å²) in [5, 5.41) is 7.15. The number of anilines is 1. The van der Waals surface area contributed by atoms with Crippen molar-refractivity contribution in [2.24, 2.45) is 24.6 Å². The summed E-state index contributed by atoms with van der Waals surface area (Å²) in [4.78, 5) is 12.1. The van der Waals surface area contributed by atoms with Crippen molar-refractivity contribution in [3.05, 3.63) is 11.8 Å². The van der Waals surface area contributed by atoms with Crippen LogP contribution in [0.25, 0.3) is 0 Å². The Hall–Kier alpha value is -1.36. The van der Waals surface area contributed by atoms with Crippen molar-refractivity contribution in [1.29, 1.82) is 0 Å². The molecule has 1 amide bonds. The summed E-state index contributed by atoms with van der Waals surface area (Å²) in [6, 6.07) is 1.88. The SMILES string of the molecule is Cc1cc(NC(=O)[C@@H]2CCC[C@@H]2CN)n(C)n1. The molecule has 1 aliphatic carbocycles. The summed E-state index contributed by atoms with van der Waals surface area (Å²) in [5.41, 5.74) is 6.60. The van der Waals surface area contributed by atoms with Gasteiger partial charge in [0.25, 0.3) is 0 Å². The number of carbonyl (C=O) groups excluding carboxylic acids is 1. The first-order valence-corrected chi connectivity index (χ1v) is 6.13. The van der Waals surface area contributed by atoms with Crippen LogP contribution in [0.3, 0.4) is 0 Å². The Bertz CT molecular complexity index is 413. The first-order valence-electron chi connectivity index (χ1n) is 6.13. The Labute approximate surface area is 101 Å². The minimum absolute atomic E-state index is 0.0650. The van der Waals surface area contributed by atoms with E-state index < -0.39 is 0 Å². The Balaban J connectivity index is 2.04. The number of aryl methyl sites for hydroxylation is 2. The molecule has 0 spiro atoms. The Morgan fingerprint density at radius 3 is 3.00 bits per heavy atom. The summed E-state index contributed by atoms with van der Waals surface area (Å²) in [5.74, 6) is 1.25. The van der Waals surface area contributed by atoms with Gasteiger partial charge in [0.1, 0.15) is 5.82 Å². The van der Waals surface area contributed by atoms with Gasteiger partial charge in [-0.2, -0.15) is 5.10 Å². The molecule has 0 unspecified atom stereocenters. The lowest BCUT2D eigenvalue weighted by atomic mass is 9.95. The van der Waals surface area contributed by atoms with Crippen LogP contribution in [0, 0.1) is 18.8 Å². The molecular formula is C12H20N4O. The van der Waals surface area contributed by atoms with Crippen molar-refractivity contribution in [1.82, 2.24) is 9.78 Å². The molecule has 5 nitrogen and oxygen atoms in total. The van der Waals surface area contributed by atoms with Gasteiger partial charge in [-0.1, -0.05) is 6.42 Å². The maximum absolute atomic E-state index is 12.1. The van der Waals surface area contributed by atoms with Crippen molar-refractivity contribution in [2.45, 2.75) is 26.2 Å². The van der Waals surface area contributed by atoms with E-state index in [1.165, 1.54) is 0 Å². The molecule has 5 heteroatoms. The Kier molecular flexibility index (Phi) is 3.47. The zero-order valence-electron chi connectivity index (χ0n) is 10.4. The molecule has 2 rings (SSSR count). The van der Waals surface area contributed by atoms with Gasteiger partial charge in [-0.3, -0.25) is 9.48 Å². The van der Waals surface area contributed by atoms with Gasteiger partial charge in [-0.15, -0.1) is 0 Å². The number of nitrogens with zero attached hydrogens (tertiary/aromatic N) is 2. The smallest absolute Gasteiger partial charge is 0.228 e. The van der Waals surface area contributed by atoms with Gasteiger partial charge < -0.3 is 11.1 Å². The van der Waals surface area contributed by atoms with Crippen LogP contribution >= 0.6 is 0 Å². The van der Waals surface area contributed by atoms with Crippen molar-refractivity contribution in [3.8, 4) is 0 Å². The van der Waals surface area contributed by atoms with E-state index in [9.17, 15) is 4.79 Å². The van der Waals surface area contributed by atoms with E-state index in [-0.39, 0.29) is 11.8 Å². The lowest BCUT2D eigenvalue weighted by Gasteiger charge is -2.17. The molecule has 0 saturated heterocycles. The molecule has 1 saturated carbocycles. The van der Waals surface area contributed by atoms with Crippen LogP contribution in [0.5, 0.6) is 0 Å². The number of amides is 1. The van der Waals surface area contributed by atoms with Crippen LogP contribution < -0.4 is 11.1 Å². The third-order valence-electron chi connectivity index (χ3n) is 3.55. The minimum Gasteiger partial charge on any atom is -0.330 e. The van der Waals surface area contributed by atoms with Gasteiger partial charge >= 0.3 is 0 Å². The highest BCUT2D eigenvalue weighted by molar-refractivity contribution is 5.92. The van der Waals surface area contributed by atoms with Crippen LogP contribution in [-0.4, -0.2) is 22.2 Å². The first-order chi connectivity index (χ1) is 8.11. The molecule has 0 aliphatic heterocycles. The Morgan fingerprint density at radius 1 is 1.65 bits per heavy atom. The minimum atomic E-state index is 0.0650. The van der Waals surface area contributed by atoms with Crippen LogP contribution in [-0.2, 0) is 11.8 Å². The summed E-state index contributed by atoms with van der Waals surface area (Å²) in [6.45, 7) is 2.51. The zero-order chi connectivity index (χ0) is 12.4. The molecule has 1 aliphatic rings. The standard InChI is InChI=1S/C12H20N4O/c1-8-6-11(16(2)15-8)14-12(17)10-5-3-4-9(10)7-13/h6,9-10H,3-5,7,13H2,1-2H3,(H,14,17)/t9-,10-/m1/s1. The van der Waals surface area contributed by atoms with Crippen LogP contribution in [0.15, 0.2) is 6.07 Å². The Morgan fingerprint density at radius 2 is 2.41 bits per heavy atom. The number of carbonyl (C=O) groups is 1. The molecule has 17 heavy (non-hydrogen) atoms. The molecule has 1 aromatic heterocycles. The van der Waals surface area contributed by atoms with E-state index in [2.05, 4.69) is 10.4 Å². The lowest BCUT2D eigenvalue weighted by Crippen LogP contribution is -2.30. The summed E-state index contributed by atoms with van der Waals surface area (Å²) < 4.78 is 1.69. The quantitative estimate of drug-likeness (QED) is 0.823. The van der Waals surface area contributed by atoms with Gasteiger partial charge in [0.05, 0.1) is 5.69 Å². The molecule has 1 heterocycles. The van der Waals surface area contributed by atoms with Crippen molar-refractivity contribution in [3.63, 3.8) is 0 Å². The third kappa shape index (κ3) is 2.49. The molecular weight excluding hydrogens is 216 g/mol. The highest BCUT2D eigenvalue weighted by atomic mass is 16.2. The van der Waals surface area contributed by atoms with E-state index >= 15 is 0 Å². The van der Waals surface area contributed by atoms with Gasteiger partial charge in [0, 0.05) is 19.0 Å². The predicted molar refractivity (Wildman–Crippen MR) is 66.5 cm³/mol. The van der Waals surface area contributed by atoms with E-state index in [0.717, 1.165) is 30.8 Å². The maximum atomic E-state index is 12.1. The number of hydrogen-bond donors (Lipinski definition) is 2. The second-order valence-electron chi connectivity index (χ2n) is 4.82. The fraction of sp³-hybridized carbons (Fsp3) is 0.667. The second-order valence-corrected chi connectivity index (χ2v) is 4.82. The number of aromatic nitrogens is 2. The fourth-order valence-electron chi connectivity index (χ4n) is 2.61. The number of hydrogen-bond acceptors (Lipinski definition) is 3. The first kappa shape index (κ1) is 12.1. The van der Waals surface area contributed by atoms with Gasteiger partial charge in [0.15, 0.2) is 0 Å².